The van der Waals surface area contributed by atoms with E-state index < -0.39 is 0 Å². The molecule has 0 radical (unpaired) electrons. The summed E-state index contributed by atoms with van der Waals surface area (Å²) in [5.74, 6) is 1.76. The smallest absolute Gasteiger partial charge is 0.224 e. The van der Waals surface area contributed by atoms with E-state index in [4.69, 9.17) is 9.47 Å². The minimum absolute atomic E-state index is 0.127. The molecule has 25 heavy (non-hydrogen) atoms. The number of aryl methyl sites for hydroxylation is 2. The van der Waals surface area contributed by atoms with Gasteiger partial charge in [-0.3, -0.25) is 9.48 Å². The van der Waals surface area contributed by atoms with Crippen LogP contribution in [0.25, 0.3) is 0 Å². The normalized spacial score (nSPS) is 19.2. The largest absolute Gasteiger partial charge is 0.486 e. The molecule has 6 heteroatoms. The van der Waals surface area contributed by atoms with Gasteiger partial charge in [-0.25, -0.2) is 0 Å². The van der Waals surface area contributed by atoms with Gasteiger partial charge in [0.15, 0.2) is 11.5 Å². The first-order valence-corrected chi connectivity index (χ1v) is 8.89. The predicted molar refractivity (Wildman–Crippen MR) is 92.7 cm³/mol. The molecular weight excluding hydrogens is 318 g/mol. The molecular formula is C19H23N3O3. The van der Waals surface area contributed by atoms with Crippen LogP contribution in [0.1, 0.15) is 36.4 Å². The van der Waals surface area contributed by atoms with Crippen molar-refractivity contribution in [1.82, 2.24) is 14.7 Å². The number of ether oxygens (including phenoxy) is 2. The summed E-state index contributed by atoms with van der Waals surface area (Å²) in [5, 5.41) is 4.26. The molecule has 2 aromatic rings. The van der Waals surface area contributed by atoms with Crippen LogP contribution < -0.4 is 9.47 Å². The van der Waals surface area contributed by atoms with Crippen molar-refractivity contribution in [2.24, 2.45) is 0 Å². The summed E-state index contributed by atoms with van der Waals surface area (Å²) in [4.78, 5) is 14.7. The molecule has 1 fully saturated rings. The molecule has 0 N–H and O–H groups in total. The number of nitrogens with zero attached hydrogens (tertiary/aromatic N) is 3. The van der Waals surface area contributed by atoms with Crippen LogP contribution in [-0.4, -0.2) is 40.3 Å². The number of fused-ring (bicyclic) bond motifs is 1. The molecule has 1 aromatic carbocycles. The van der Waals surface area contributed by atoms with Crippen LogP contribution in [0.2, 0.25) is 0 Å². The maximum absolute atomic E-state index is 12.7. The zero-order chi connectivity index (χ0) is 17.2. The zero-order valence-corrected chi connectivity index (χ0v) is 14.5. The second-order valence-electron chi connectivity index (χ2n) is 6.68. The molecule has 0 bridgehead atoms. The van der Waals surface area contributed by atoms with E-state index in [1.165, 1.54) is 0 Å². The van der Waals surface area contributed by atoms with Gasteiger partial charge in [-0.2, -0.15) is 5.10 Å². The first kappa shape index (κ1) is 16.0. The molecule has 6 nitrogen and oxygen atoms in total. The van der Waals surface area contributed by atoms with Crippen molar-refractivity contribution in [3.63, 3.8) is 0 Å². The minimum atomic E-state index is 0.127. The van der Waals surface area contributed by atoms with E-state index in [0.717, 1.165) is 42.0 Å². The van der Waals surface area contributed by atoms with Gasteiger partial charge >= 0.3 is 0 Å². The molecule has 4 rings (SSSR count). The number of amides is 1. The Hall–Kier alpha value is -2.50. The molecule has 1 amide bonds. The molecule has 1 saturated heterocycles. The molecule has 3 heterocycles. The van der Waals surface area contributed by atoms with Gasteiger partial charge in [0.1, 0.15) is 13.2 Å². The third-order valence-corrected chi connectivity index (χ3v) is 4.84. The van der Waals surface area contributed by atoms with Crippen molar-refractivity contribution in [2.45, 2.75) is 38.8 Å². The highest BCUT2D eigenvalue weighted by Gasteiger charge is 2.30. The molecule has 1 atom stereocenters. The van der Waals surface area contributed by atoms with Gasteiger partial charge in [0, 0.05) is 25.7 Å². The summed E-state index contributed by atoms with van der Waals surface area (Å²) >= 11 is 0. The van der Waals surface area contributed by atoms with Crippen molar-refractivity contribution in [3.05, 3.63) is 41.7 Å². The van der Waals surface area contributed by atoms with Crippen molar-refractivity contribution in [1.29, 1.82) is 0 Å². The van der Waals surface area contributed by atoms with E-state index in [0.29, 0.717) is 26.2 Å². The van der Waals surface area contributed by atoms with Crippen LogP contribution in [-0.2, 0) is 11.3 Å². The Morgan fingerprint density at radius 3 is 2.92 bits per heavy atom. The van der Waals surface area contributed by atoms with Gasteiger partial charge < -0.3 is 14.4 Å². The maximum atomic E-state index is 12.7. The lowest BCUT2D eigenvalue weighted by molar-refractivity contribution is -0.132. The van der Waals surface area contributed by atoms with Crippen LogP contribution in [0.4, 0.5) is 0 Å². The van der Waals surface area contributed by atoms with E-state index in [1.54, 1.807) is 0 Å². The fourth-order valence-electron chi connectivity index (χ4n) is 3.62. The first-order valence-electron chi connectivity index (χ1n) is 8.89. The van der Waals surface area contributed by atoms with Gasteiger partial charge in [-0.05, 0) is 43.0 Å². The van der Waals surface area contributed by atoms with Crippen molar-refractivity contribution >= 4 is 5.91 Å². The lowest BCUT2D eigenvalue weighted by Gasteiger charge is -2.27. The number of hydrogen-bond acceptors (Lipinski definition) is 4. The molecule has 2 aliphatic rings. The third kappa shape index (κ3) is 3.34. The van der Waals surface area contributed by atoms with E-state index in [1.807, 2.05) is 41.0 Å². The molecule has 0 spiro atoms. The van der Waals surface area contributed by atoms with Gasteiger partial charge in [0.2, 0.25) is 5.91 Å². The Morgan fingerprint density at radius 1 is 1.28 bits per heavy atom. The fraction of sp³-hybridized carbons (Fsp3) is 0.474. The zero-order valence-electron chi connectivity index (χ0n) is 14.5. The summed E-state index contributed by atoms with van der Waals surface area (Å²) in [6.45, 7) is 4.61. The second-order valence-corrected chi connectivity index (χ2v) is 6.68. The molecule has 0 aliphatic carbocycles. The van der Waals surface area contributed by atoms with Crippen molar-refractivity contribution in [2.75, 3.05) is 19.8 Å². The van der Waals surface area contributed by atoms with Crippen LogP contribution >= 0.6 is 0 Å². The summed E-state index contributed by atoms with van der Waals surface area (Å²) in [5.41, 5.74) is 2.24. The van der Waals surface area contributed by atoms with E-state index in [9.17, 15) is 4.79 Å². The molecule has 2 aliphatic heterocycles. The fourth-order valence-corrected chi connectivity index (χ4v) is 3.62. The highest BCUT2D eigenvalue weighted by molar-refractivity contribution is 5.77. The Bertz CT molecular complexity index is 771. The number of rotatable bonds is 4. The van der Waals surface area contributed by atoms with Gasteiger partial charge in [0.25, 0.3) is 0 Å². The average Bonchev–Trinajstić information content (AvgIpc) is 3.28. The highest BCUT2D eigenvalue weighted by atomic mass is 16.6. The number of carbonyl (C=O) groups excluding carboxylic acids is 1. The quantitative estimate of drug-likeness (QED) is 0.858. The highest BCUT2D eigenvalue weighted by Crippen LogP contribution is 2.38. The monoisotopic (exact) mass is 341 g/mol. The summed E-state index contributed by atoms with van der Waals surface area (Å²) < 4.78 is 13.1. The van der Waals surface area contributed by atoms with Crippen molar-refractivity contribution in [3.8, 4) is 11.5 Å². The van der Waals surface area contributed by atoms with E-state index in [2.05, 4.69) is 11.2 Å². The van der Waals surface area contributed by atoms with Crippen molar-refractivity contribution < 1.29 is 14.3 Å². The lowest BCUT2D eigenvalue weighted by Crippen LogP contribution is -2.31. The molecule has 132 valence electrons. The van der Waals surface area contributed by atoms with Crippen LogP contribution in [0, 0.1) is 6.92 Å². The van der Waals surface area contributed by atoms with Gasteiger partial charge in [0.05, 0.1) is 12.2 Å². The van der Waals surface area contributed by atoms with E-state index >= 15 is 0 Å². The van der Waals surface area contributed by atoms with Crippen LogP contribution in [0.15, 0.2) is 30.6 Å². The topological polar surface area (TPSA) is 56.6 Å². The van der Waals surface area contributed by atoms with Gasteiger partial charge in [-0.1, -0.05) is 6.07 Å². The van der Waals surface area contributed by atoms with Crippen LogP contribution in [0.3, 0.4) is 0 Å². The molecule has 0 unspecified atom stereocenters. The van der Waals surface area contributed by atoms with Gasteiger partial charge in [-0.15, -0.1) is 0 Å². The minimum Gasteiger partial charge on any atom is -0.486 e. The number of benzene rings is 1. The summed E-state index contributed by atoms with van der Waals surface area (Å²) in [6, 6.07) is 6.17. The molecule has 1 aromatic heterocycles. The van der Waals surface area contributed by atoms with E-state index in [-0.39, 0.29) is 11.9 Å². The molecule has 0 saturated carbocycles. The number of likely N-dealkylation sites (tertiary alicyclic amines) is 1. The average molecular weight is 341 g/mol. The number of hydrogen-bond donors (Lipinski definition) is 0. The Balaban J connectivity index is 1.45. The number of carbonyl (C=O) groups is 1. The SMILES string of the molecule is Cc1cnn(CCC(=O)N2CCC[C@@H]2c2ccc3c(c2)OCCO3)c1. The second kappa shape index (κ2) is 6.78. The summed E-state index contributed by atoms with van der Waals surface area (Å²) in [6.07, 6.45) is 6.29. The Kier molecular flexibility index (Phi) is 4.34. The Labute approximate surface area is 147 Å². The predicted octanol–water partition coefficient (Wildman–Crippen LogP) is 2.72. The Morgan fingerprint density at radius 2 is 2.12 bits per heavy atom. The van der Waals surface area contributed by atoms with Crippen LogP contribution in [0.5, 0.6) is 11.5 Å². The number of aromatic nitrogens is 2. The summed E-state index contributed by atoms with van der Waals surface area (Å²) in [7, 11) is 0. The lowest BCUT2D eigenvalue weighted by atomic mass is 10.0. The first-order chi connectivity index (χ1) is 12.2. The maximum Gasteiger partial charge on any atom is 0.224 e. The third-order valence-electron chi connectivity index (χ3n) is 4.84. The standard InChI is InChI=1S/C19H23N3O3/c1-14-12-20-21(13-14)8-6-19(23)22-7-2-3-16(22)15-4-5-17-18(11-15)25-10-9-24-17/h4-5,11-13,16H,2-3,6-10H2,1H3/t16-/m1/s1.